The minimum absolute atomic E-state index is 0.0671. The van der Waals surface area contributed by atoms with Crippen LogP contribution in [0, 0.1) is 6.92 Å². The van der Waals surface area contributed by atoms with Crippen LogP contribution in [0.1, 0.15) is 12.6 Å². The van der Waals surface area contributed by atoms with Crippen molar-refractivity contribution in [1.82, 2.24) is 9.78 Å². The van der Waals surface area contributed by atoms with Crippen molar-refractivity contribution < 1.29 is 4.79 Å². The van der Waals surface area contributed by atoms with E-state index in [1.165, 1.54) is 6.92 Å². The molecule has 0 saturated heterocycles. The van der Waals surface area contributed by atoms with E-state index in [1.807, 2.05) is 48.2 Å². The number of amides is 1. The van der Waals surface area contributed by atoms with Gasteiger partial charge in [0.15, 0.2) is 0 Å². The summed E-state index contributed by atoms with van der Waals surface area (Å²) in [4.78, 5) is 10.9. The van der Waals surface area contributed by atoms with Crippen molar-refractivity contribution in [2.24, 2.45) is 0 Å². The number of hydrogen-bond donors (Lipinski definition) is 1. The number of benzene rings is 1. The number of aryl methyl sites for hydroxylation is 1. The van der Waals surface area contributed by atoms with Crippen LogP contribution in [0.2, 0.25) is 0 Å². The lowest BCUT2D eigenvalue weighted by Crippen LogP contribution is -2.06. The summed E-state index contributed by atoms with van der Waals surface area (Å²) in [6, 6.07) is 9.68. The smallest absolute Gasteiger partial charge is 0.221 e. The zero-order valence-electron chi connectivity index (χ0n) is 10.6. The van der Waals surface area contributed by atoms with E-state index in [4.69, 9.17) is 0 Å². The van der Waals surface area contributed by atoms with Gasteiger partial charge in [-0.15, -0.1) is 11.8 Å². The van der Waals surface area contributed by atoms with Crippen LogP contribution in [0.15, 0.2) is 35.4 Å². The molecular weight excluding hydrogens is 246 g/mol. The number of rotatable bonds is 3. The fraction of sp³-hybridized carbons (Fsp3) is 0.231. The molecule has 2 rings (SSSR count). The predicted molar refractivity (Wildman–Crippen MR) is 74.4 cm³/mol. The van der Waals surface area contributed by atoms with Gasteiger partial charge in [-0.2, -0.15) is 5.10 Å². The van der Waals surface area contributed by atoms with Crippen molar-refractivity contribution in [3.63, 3.8) is 0 Å². The number of hydrogen-bond acceptors (Lipinski definition) is 3. The van der Waals surface area contributed by atoms with E-state index in [1.54, 1.807) is 11.8 Å². The monoisotopic (exact) mass is 261 g/mol. The molecule has 0 bridgehead atoms. The van der Waals surface area contributed by atoms with Crippen LogP contribution in [-0.4, -0.2) is 21.9 Å². The van der Waals surface area contributed by atoms with Gasteiger partial charge in [-0.05, 0) is 43.5 Å². The van der Waals surface area contributed by atoms with Gasteiger partial charge in [0.1, 0.15) is 0 Å². The molecule has 18 heavy (non-hydrogen) atoms. The van der Waals surface area contributed by atoms with Crippen molar-refractivity contribution >= 4 is 23.4 Å². The van der Waals surface area contributed by atoms with E-state index >= 15 is 0 Å². The number of nitrogens with zero attached hydrogens (tertiary/aromatic N) is 2. The van der Waals surface area contributed by atoms with E-state index in [9.17, 15) is 4.79 Å². The highest BCUT2D eigenvalue weighted by Crippen LogP contribution is 2.21. The van der Waals surface area contributed by atoms with Gasteiger partial charge in [0.25, 0.3) is 0 Å². The van der Waals surface area contributed by atoms with Crippen LogP contribution >= 0.6 is 11.8 Å². The van der Waals surface area contributed by atoms with Crippen molar-refractivity contribution in [2.45, 2.75) is 18.9 Å². The Kier molecular flexibility index (Phi) is 3.72. The molecular formula is C13H15N3OS. The number of aromatic nitrogens is 2. The summed E-state index contributed by atoms with van der Waals surface area (Å²) >= 11 is 1.66. The van der Waals surface area contributed by atoms with Crippen LogP contribution in [0.3, 0.4) is 0 Å². The van der Waals surface area contributed by atoms with Crippen molar-refractivity contribution in [3.05, 3.63) is 36.0 Å². The Morgan fingerprint density at radius 2 is 2.00 bits per heavy atom. The van der Waals surface area contributed by atoms with E-state index in [0.29, 0.717) is 0 Å². The standard InChI is InChI=1S/C13H15N3OS/c1-9-8-13(18-3)16(15-9)12-6-4-11(5-7-12)14-10(2)17/h4-8H,1-3H3,(H,14,17). The van der Waals surface area contributed by atoms with Crippen LogP contribution in [0.5, 0.6) is 0 Å². The highest BCUT2D eigenvalue weighted by atomic mass is 32.2. The molecule has 1 N–H and O–H groups in total. The Labute approximate surface area is 110 Å². The molecule has 1 aromatic heterocycles. The average molecular weight is 261 g/mol. The normalized spacial score (nSPS) is 10.4. The molecule has 5 heteroatoms. The number of anilines is 1. The number of carbonyl (C=O) groups excluding carboxylic acids is 1. The first-order valence-electron chi connectivity index (χ1n) is 5.59. The summed E-state index contributed by atoms with van der Waals surface area (Å²) in [6.45, 7) is 3.47. The lowest BCUT2D eigenvalue weighted by atomic mass is 10.3. The zero-order valence-corrected chi connectivity index (χ0v) is 11.4. The van der Waals surface area contributed by atoms with Crippen LogP contribution < -0.4 is 5.32 Å². The lowest BCUT2D eigenvalue weighted by molar-refractivity contribution is -0.114. The molecule has 2 aromatic rings. The van der Waals surface area contributed by atoms with Gasteiger partial charge in [0.2, 0.25) is 5.91 Å². The van der Waals surface area contributed by atoms with E-state index in [-0.39, 0.29) is 5.91 Å². The minimum atomic E-state index is -0.0671. The number of carbonyl (C=O) groups is 1. The molecule has 4 nitrogen and oxygen atoms in total. The van der Waals surface area contributed by atoms with E-state index in [0.717, 1.165) is 22.1 Å². The Morgan fingerprint density at radius 1 is 1.33 bits per heavy atom. The Morgan fingerprint density at radius 3 is 2.56 bits per heavy atom. The molecule has 0 aliphatic rings. The Hall–Kier alpha value is -1.75. The van der Waals surface area contributed by atoms with Crippen LogP contribution in [0.25, 0.3) is 5.69 Å². The second-order valence-corrected chi connectivity index (χ2v) is 4.79. The summed E-state index contributed by atoms with van der Waals surface area (Å²) in [7, 11) is 0. The molecule has 0 radical (unpaired) electrons. The first-order chi connectivity index (χ1) is 8.60. The topological polar surface area (TPSA) is 46.9 Å². The highest BCUT2D eigenvalue weighted by molar-refractivity contribution is 7.98. The predicted octanol–water partition coefficient (Wildman–Crippen LogP) is 2.86. The summed E-state index contributed by atoms with van der Waals surface area (Å²) in [5.41, 5.74) is 2.77. The number of thioether (sulfide) groups is 1. The molecule has 94 valence electrons. The molecule has 1 aromatic carbocycles. The maximum absolute atomic E-state index is 10.9. The zero-order chi connectivity index (χ0) is 13.1. The molecule has 0 spiro atoms. The van der Waals surface area contributed by atoms with Crippen LogP contribution in [-0.2, 0) is 4.79 Å². The third kappa shape index (κ3) is 2.73. The molecule has 0 aliphatic heterocycles. The summed E-state index contributed by atoms with van der Waals surface area (Å²) in [6.07, 6.45) is 2.03. The SMILES string of the molecule is CSc1cc(C)nn1-c1ccc(NC(C)=O)cc1. The second-order valence-electron chi connectivity index (χ2n) is 3.97. The third-order valence-electron chi connectivity index (χ3n) is 2.44. The van der Waals surface area contributed by atoms with Gasteiger partial charge in [0, 0.05) is 12.6 Å². The average Bonchev–Trinajstić information content (AvgIpc) is 2.71. The van der Waals surface area contributed by atoms with Crippen LogP contribution in [0.4, 0.5) is 5.69 Å². The molecule has 0 saturated carbocycles. The van der Waals surface area contributed by atoms with Crippen molar-refractivity contribution in [1.29, 1.82) is 0 Å². The molecule has 0 atom stereocenters. The quantitative estimate of drug-likeness (QED) is 0.864. The Balaban J connectivity index is 2.31. The maximum atomic E-state index is 10.9. The van der Waals surface area contributed by atoms with E-state index < -0.39 is 0 Å². The molecule has 0 fully saturated rings. The summed E-state index contributed by atoms with van der Waals surface area (Å²) in [5.74, 6) is -0.0671. The van der Waals surface area contributed by atoms with Gasteiger partial charge in [0.05, 0.1) is 16.4 Å². The molecule has 0 unspecified atom stereocenters. The number of nitrogens with one attached hydrogen (secondary N) is 1. The second kappa shape index (κ2) is 5.27. The Bertz CT molecular complexity index is 560. The highest BCUT2D eigenvalue weighted by Gasteiger charge is 2.06. The van der Waals surface area contributed by atoms with Crippen molar-refractivity contribution in [3.8, 4) is 5.69 Å². The van der Waals surface area contributed by atoms with Gasteiger partial charge < -0.3 is 5.32 Å². The third-order valence-corrected chi connectivity index (χ3v) is 3.15. The van der Waals surface area contributed by atoms with Gasteiger partial charge in [-0.1, -0.05) is 0 Å². The van der Waals surface area contributed by atoms with E-state index in [2.05, 4.69) is 10.4 Å². The van der Waals surface area contributed by atoms with Gasteiger partial charge in [-0.25, -0.2) is 4.68 Å². The van der Waals surface area contributed by atoms with Gasteiger partial charge >= 0.3 is 0 Å². The van der Waals surface area contributed by atoms with Gasteiger partial charge in [-0.3, -0.25) is 4.79 Å². The van der Waals surface area contributed by atoms with Crippen molar-refractivity contribution in [2.75, 3.05) is 11.6 Å². The fourth-order valence-corrected chi connectivity index (χ4v) is 2.30. The fourth-order valence-electron chi connectivity index (χ4n) is 1.70. The summed E-state index contributed by atoms with van der Waals surface area (Å²) in [5, 5.41) is 8.29. The largest absolute Gasteiger partial charge is 0.326 e. The lowest BCUT2D eigenvalue weighted by Gasteiger charge is -2.07. The summed E-state index contributed by atoms with van der Waals surface area (Å²) < 4.78 is 1.90. The molecule has 1 heterocycles. The first kappa shape index (κ1) is 12.7. The molecule has 1 amide bonds. The minimum Gasteiger partial charge on any atom is -0.326 e. The maximum Gasteiger partial charge on any atom is 0.221 e. The molecule has 0 aliphatic carbocycles. The first-order valence-corrected chi connectivity index (χ1v) is 6.81.